The van der Waals surface area contributed by atoms with Crippen LogP contribution in [0.2, 0.25) is 0 Å². The van der Waals surface area contributed by atoms with Gasteiger partial charge < -0.3 is 10.0 Å². The van der Waals surface area contributed by atoms with Gasteiger partial charge in [0.1, 0.15) is 0 Å². The molecule has 1 fully saturated rings. The Kier molecular flexibility index (Phi) is 5.02. The summed E-state index contributed by atoms with van der Waals surface area (Å²) in [6.45, 7) is 6.26. The van der Waals surface area contributed by atoms with Crippen molar-refractivity contribution in [2.45, 2.75) is 31.9 Å². The Bertz CT molecular complexity index is 755. The molecule has 0 aromatic heterocycles. The summed E-state index contributed by atoms with van der Waals surface area (Å²) in [5.74, 6) is 0. The highest BCUT2D eigenvalue weighted by atomic mass is 127. The molecule has 4 heteroatoms. The Balaban J connectivity index is 1.45. The number of hydrogen-bond donors (Lipinski definition) is 1. The Morgan fingerprint density at radius 2 is 1.76 bits per heavy atom. The molecule has 0 saturated carbocycles. The topological polar surface area (TPSA) is 26.7 Å². The summed E-state index contributed by atoms with van der Waals surface area (Å²) in [7, 11) is 0. The fourth-order valence-electron chi connectivity index (χ4n) is 4.24. The predicted octanol–water partition coefficient (Wildman–Crippen LogP) is 3.25. The van der Waals surface area contributed by atoms with Gasteiger partial charge in [-0.25, -0.2) is 0 Å². The maximum absolute atomic E-state index is 10.7. The second-order valence-corrected chi connectivity index (χ2v) is 8.44. The van der Waals surface area contributed by atoms with Crippen molar-refractivity contribution in [3.8, 4) is 0 Å². The molecule has 1 N–H and O–H groups in total. The van der Waals surface area contributed by atoms with Crippen LogP contribution in [-0.4, -0.2) is 48.3 Å². The first kappa shape index (κ1) is 17.3. The lowest BCUT2D eigenvalue weighted by Crippen LogP contribution is -2.56. The molecule has 0 amide bonds. The Labute approximate surface area is 163 Å². The minimum atomic E-state index is -0.254. The monoisotopic (exact) mass is 448 g/mol. The average Bonchev–Trinajstić information content (AvgIpc) is 2.62. The van der Waals surface area contributed by atoms with Gasteiger partial charge in [0.25, 0.3) is 0 Å². The zero-order valence-electron chi connectivity index (χ0n) is 14.7. The van der Waals surface area contributed by atoms with Crippen LogP contribution in [0.3, 0.4) is 0 Å². The quantitative estimate of drug-likeness (QED) is 0.715. The van der Waals surface area contributed by atoms with Crippen LogP contribution < -0.4 is 4.90 Å². The van der Waals surface area contributed by atoms with Gasteiger partial charge in [-0.05, 0) is 70.8 Å². The van der Waals surface area contributed by atoms with Crippen molar-refractivity contribution in [1.82, 2.24) is 4.90 Å². The van der Waals surface area contributed by atoms with Crippen LogP contribution >= 0.6 is 22.6 Å². The van der Waals surface area contributed by atoms with E-state index in [-0.39, 0.29) is 12.1 Å². The highest BCUT2D eigenvalue weighted by molar-refractivity contribution is 14.1. The SMILES string of the molecule is Cc1cccc(N2CCN([C@H]3Cc4c(I)cccc4C[C@@H]3O)CC2)c1. The van der Waals surface area contributed by atoms with E-state index in [9.17, 15) is 5.11 Å². The zero-order chi connectivity index (χ0) is 17.4. The fourth-order valence-corrected chi connectivity index (χ4v) is 5.01. The van der Waals surface area contributed by atoms with Gasteiger partial charge in [0.15, 0.2) is 0 Å². The lowest BCUT2D eigenvalue weighted by atomic mass is 9.85. The molecule has 0 bridgehead atoms. The predicted molar refractivity (Wildman–Crippen MR) is 111 cm³/mol. The molecule has 2 atom stereocenters. The minimum absolute atomic E-state index is 0.253. The van der Waals surface area contributed by atoms with Gasteiger partial charge in [0.05, 0.1) is 6.10 Å². The molecule has 1 saturated heterocycles. The van der Waals surface area contributed by atoms with Crippen LogP contribution in [0, 0.1) is 10.5 Å². The number of aliphatic hydroxyl groups excluding tert-OH is 1. The van der Waals surface area contributed by atoms with Gasteiger partial charge in [-0.3, -0.25) is 4.90 Å². The maximum Gasteiger partial charge on any atom is 0.0739 e. The number of rotatable bonds is 2. The van der Waals surface area contributed by atoms with Crippen LogP contribution in [0.25, 0.3) is 0 Å². The summed E-state index contributed by atoms with van der Waals surface area (Å²) in [5, 5.41) is 10.7. The highest BCUT2D eigenvalue weighted by Crippen LogP contribution is 2.29. The number of benzene rings is 2. The van der Waals surface area contributed by atoms with Crippen LogP contribution in [0.15, 0.2) is 42.5 Å². The number of halogens is 1. The third-order valence-electron chi connectivity index (χ3n) is 5.65. The van der Waals surface area contributed by atoms with E-state index in [1.807, 2.05) is 0 Å². The summed E-state index contributed by atoms with van der Waals surface area (Å²) >= 11 is 2.44. The average molecular weight is 448 g/mol. The normalized spacial score (nSPS) is 24.2. The second kappa shape index (κ2) is 7.25. The fraction of sp³-hybridized carbons (Fsp3) is 0.429. The van der Waals surface area contributed by atoms with E-state index in [1.54, 1.807) is 0 Å². The van der Waals surface area contributed by atoms with Crippen molar-refractivity contribution in [1.29, 1.82) is 0 Å². The molecule has 2 aromatic rings. The molecule has 4 rings (SSSR count). The van der Waals surface area contributed by atoms with Gasteiger partial charge in [-0.1, -0.05) is 24.3 Å². The molecule has 0 spiro atoms. The van der Waals surface area contributed by atoms with Gasteiger partial charge in [-0.15, -0.1) is 0 Å². The van der Waals surface area contributed by atoms with Crippen LogP contribution in [0.4, 0.5) is 5.69 Å². The molecule has 2 aliphatic rings. The number of fused-ring (bicyclic) bond motifs is 1. The molecule has 1 heterocycles. The van der Waals surface area contributed by atoms with Crippen LogP contribution in [0.5, 0.6) is 0 Å². The van der Waals surface area contributed by atoms with Crippen molar-refractivity contribution in [3.63, 3.8) is 0 Å². The van der Waals surface area contributed by atoms with Gasteiger partial charge in [0.2, 0.25) is 0 Å². The molecular formula is C21H25IN2O. The first-order valence-corrected chi connectivity index (χ1v) is 10.2. The van der Waals surface area contributed by atoms with Crippen LogP contribution in [-0.2, 0) is 12.8 Å². The zero-order valence-corrected chi connectivity index (χ0v) is 16.8. The molecule has 3 nitrogen and oxygen atoms in total. The molecule has 132 valence electrons. The molecule has 0 radical (unpaired) electrons. The first-order valence-electron chi connectivity index (χ1n) is 9.12. The molecular weight excluding hydrogens is 423 g/mol. The van der Waals surface area contributed by atoms with E-state index in [0.717, 1.165) is 39.0 Å². The highest BCUT2D eigenvalue weighted by Gasteiger charge is 2.34. The summed E-state index contributed by atoms with van der Waals surface area (Å²) in [6.07, 6.45) is 1.51. The van der Waals surface area contributed by atoms with Gasteiger partial charge in [0, 0.05) is 47.9 Å². The van der Waals surface area contributed by atoms with E-state index in [1.165, 1.54) is 25.9 Å². The number of piperazine rings is 1. The Morgan fingerprint density at radius 1 is 1.00 bits per heavy atom. The van der Waals surface area contributed by atoms with E-state index in [0.29, 0.717) is 0 Å². The molecule has 0 unspecified atom stereocenters. The minimum Gasteiger partial charge on any atom is -0.391 e. The van der Waals surface area contributed by atoms with Gasteiger partial charge >= 0.3 is 0 Å². The molecule has 1 aliphatic carbocycles. The van der Waals surface area contributed by atoms with E-state index >= 15 is 0 Å². The summed E-state index contributed by atoms with van der Waals surface area (Å²) < 4.78 is 1.34. The van der Waals surface area contributed by atoms with Crippen molar-refractivity contribution in [3.05, 3.63) is 62.7 Å². The number of aliphatic hydroxyl groups is 1. The second-order valence-electron chi connectivity index (χ2n) is 7.28. The lowest BCUT2D eigenvalue weighted by molar-refractivity contribution is 0.0394. The first-order chi connectivity index (χ1) is 12.1. The van der Waals surface area contributed by atoms with E-state index < -0.39 is 0 Å². The van der Waals surface area contributed by atoms with E-state index in [2.05, 4.69) is 81.8 Å². The van der Waals surface area contributed by atoms with Crippen molar-refractivity contribution in [2.24, 2.45) is 0 Å². The molecule has 2 aromatic carbocycles. The largest absolute Gasteiger partial charge is 0.391 e. The van der Waals surface area contributed by atoms with Crippen LogP contribution in [0.1, 0.15) is 16.7 Å². The molecule has 25 heavy (non-hydrogen) atoms. The standard InChI is InChI=1S/C21H25IN2O/c1-15-4-2-6-17(12-15)23-8-10-24(11-9-23)20-14-18-16(13-21(20)25)5-3-7-19(18)22/h2-7,12,20-21,25H,8-11,13-14H2,1H3/t20-,21-/m0/s1. The number of anilines is 1. The van der Waals surface area contributed by atoms with Gasteiger partial charge in [-0.2, -0.15) is 0 Å². The Morgan fingerprint density at radius 3 is 2.52 bits per heavy atom. The Hall–Kier alpha value is -1.11. The van der Waals surface area contributed by atoms with Crippen molar-refractivity contribution >= 4 is 28.3 Å². The number of hydrogen-bond acceptors (Lipinski definition) is 3. The van der Waals surface area contributed by atoms with Crippen molar-refractivity contribution in [2.75, 3.05) is 31.1 Å². The maximum atomic E-state index is 10.7. The van der Waals surface area contributed by atoms with E-state index in [4.69, 9.17) is 0 Å². The summed E-state index contributed by atoms with van der Waals surface area (Å²) in [5.41, 5.74) is 5.41. The third kappa shape index (κ3) is 3.57. The lowest BCUT2D eigenvalue weighted by Gasteiger charge is -2.44. The van der Waals surface area contributed by atoms with Crippen molar-refractivity contribution < 1.29 is 5.11 Å². The number of aryl methyl sites for hydroxylation is 1. The summed E-state index contributed by atoms with van der Waals surface area (Å²) in [4.78, 5) is 4.97. The smallest absolute Gasteiger partial charge is 0.0739 e. The third-order valence-corrected chi connectivity index (χ3v) is 6.66. The summed E-state index contributed by atoms with van der Waals surface area (Å²) in [6, 6.07) is 15.5. The molecule has 1 aliphatic heterocycles. The number of nitrogens with zero attached hydrogens (tertiary/aromatic N) is 2.